The third kappa shape index (κ3) is 4.20. The van der Waals surface area contributed by atoms with Crippen LogP contribution < -0.4 is 0 Å². The van der Waals surface area contributed by atoms with Crippen LogP contribution in [-0.2, 0) is 0 Å². The second-order valence-electron chi connectivity index (χ2n) is 15.1. The van der Waals surface area contributed by atoms with Gasteiger partial charge in [0.2, 0.25) is 0 Å². The Balaban J connectivity index is 1.08. The number of hydrogen-bond acceptors (Lipinski definition) is 2. The van der Waals surface area contributed by atoms with Crippen molar-refractivity contribution in [3.8, 4) is 22.7 Å². The van der Waals surface area contributed by atoms with Gasteiger partial charge in [0.25, 0.3) is 0 Å². The first kappa shape index (κ1) is 31.3. The van der Waals surface area contributed by atoms with Crippen LogP contribution in [0.4, 0.5) is 0 Å². The van der Waals surface area contributed by atoms with Crippen LogP contribution in [0.2, 0.25) is 0 Å². The lowest BCUT2D eigenvalue weighted by Crippen LogP contribution is -1.96. The number of nitrogens with zero attached hydrogens (tertiary/aromatic N) is 6. The first-order chi connectivity index (χ1) is 28.8. The fraction of sp³-hybridized carbons (Fsp3) is 0. The molecule has 0 bridgehead atoms. The van der Waals surface area contributed by atoms with E-state index in [0.29, 0.717) is 0 Å². The minimum atomic E-state index is 1.12. The van der Waals surface area contributed by atoms with E-state index in [-0.39, 0.29) is 0 Å². The highest BCUT2D eigenvalue weighted by molar-refractivity contribution is 6.29. The van der Waals surface area contributed by atoms with E-state index in [1.165, 1.54) is 54.4 Å². The summed E-state index contributed by atoms with van der Waals surface area (Å²) < 4.78 is 9.56. The van der Waals surface area contributed by atoms with Crippen molar-refractivity contribution in [1.29, 1.82) is 0 Å². The van der Waals surface area contributed by atoms with Gasteiger partial charge in [0.15, 0.2) is 0 Å². The van der Waals surface area contributed by atoms with E-state index in [1.807, 2.05) is 24.8 Å². The third-order valence-corrected chi connectivity index (χ3v) is 12.1. The van der Waals surface area contributed by atoms with Gasteiger partial charge >= 0.3 is 0 Å². The zero-order valence-corrected chi connectivity index (χ0v) is 31.2. The summed E-state index contributed by atoms with van der Waals surface area (Å²) in [5.74, 6) is 0. The van der Waals surface area contributed by atoms with Gasteiger partial charge in [-0.05, 0) is 97.1 Å². The normalized spacial score (nSPS) is 12.1. The van der Waals surface area contributed by atoms with Gasteiger partial charge in [-0.2, -0.15) is 0 Å². The van der Waals surface area contributed by atoms with Crippen molar-refractivity contribution in [2.45, 2.75) is 0 Å². The van der Waals surface area contributed by atoms with E-state index < -0.39 is 0 Å². The molecule has 0 radical (unpaired) electrons. The number of pyridine rings is 2. The van der Waals surface area contributed by atoms with E-state index in [4.69, 9.17) is 0 Å². The Morgan fingerprint density at radius 2 is 0.621 bits per heavy atom. The van der Waals surface area contributed by atoms with Gasteiger partial charge in [-0.25, -0.2) is 0 Å². The Bertz CT molecular complexity index is 3540. The highest BCUT2D eigenvalue weighted by Crippen LogP contribution is 2.44. The second-order valence-corrected chi connectivity index (χ2v) is 15.1. The number of aromatic nitrogens is 6. The van der Waals surface area contributed by atoms with Gasteiger partial charge in [0, 0.05) is 90.6 Å². The molecular weight excluding hydrogens is 709 g/mol. The van der Waals surface area contributed by atoms with Crippen LogP contribution in [0.1, 0.15) is 0 Å². The van der Waals surface area contributed by atoms with Crippen LogP contribution in [0.5, 0.6) is 0 Å². The van der Waals surface area contributed by atoms with Crippen LogP contribution in [0.25, 0.3) is 110 Å². The fourth-order valence-electron chi connectivity index (χ4n) is 9.77. The average molecular weight is 741 g/mol. The number of benzene rings is 7. The maximum Gasteiger partial charge on any atom is 0.0571 e. The summed E-state index contributed by atoms with van der Waals surface area (Å²) in [5.41, 5.74) is 13.8. The molecule has 270 valence electrons. The van der Waals surface area contributed by atoms with Crippen LogP contribution >= 0.6 is 0 Å². The topological polar surface area (TPSA) is 45.5 Å². The van der Waals surface area contributed by atoms with Gasteiger partial charge in [-0.3, -0.25) is 9.97 Å². The summed E-state index contributed by atoms with van der Waals surface area (Å²) in [5, 5.41) is 9.58. The Morgan fingerprint density at radius 1 is 0.259 bits per heavy atom. The molecule has 6 nitrogen and oxygen atoms in total. The summed E-state index contributed by atoms with van der Waals surface area (Å²) in [7, 11) is 0. The third-order valence-electron chi connectivity index (χ3n) is 12.1. The molecule has 7 aromatic carbocycles. The molecule has 0 aliphatic heterocycles. The maximum atomic E-state index is 4.57. The number of rotatable bonds is 4. The summed E-state index contributed by atoms with van der Waals surface area (Å²) in [6, 6.07) is 61.5. The van der Waals surface area contributed by atoms with Crippen LogP contribution in [0.15, 0.2) is 195 Å². The molecule has 0 saturated heterocycles. The molecule has 6 heteroatoms. The monoisotopic (exact) mass is 740 g/mol. The predicted molar refractivity (Wildman–Crippen MR) is 239 cm³/mol. The summed E-state index contributed by atoms with van der Waals surface area (Å²) in [6.45, 7) is 0. The Kier molecular flexibility index (Phi) is 6.35. The van der Waals surface area contributed by atoms with E-state index in [9.17, 15) is 0 Å². The first-order valence-electron chi connectivity index (χ1n) is 19.7. The highest BCUT2D eigenvalue weighted by atomic mass is 15.0. The van der Waals surface area contributed by atoms with Crippen molar-refractivity contribution >= 4 is 87.2 Å². The lowest BCUT2D eigenvalue weighted by atomic mass is 10.1. The zero-order chi connectivity index (χ0) is 37.9. The minimum Gasteiger partial charge on any atom is -0.309 e. The molecule has 6 aromatic heterocycles. The predicted octanol–water partition coefficient (Wildman–Crippen LogP) is 12.9. The largest absolute Gasteiger partial charge is 0.309 e. The molecule has 13 rings (SSSR count). The Morgan fingerprint density at radius 3 is 1.09 bits per heavy atom. The van der Waals surface area contributed by atoms with Gasteiger partial charge in [0.1, 0.15) is 0 Å². The lowest BCUT2D eigenvalue weighted by molar-refractivity contribution is 1.16. The van der Waals surface area contributed by atoms with Crippen molar-refractivity contribution in [1.82, 2.24) is 28.2 Å². The van der Waals surface area contributed by atoms with Crippen molar-refractivity contribution in [2.24, 2.45) is 0 Å². The van der Waals surface area contributed by atoms with E-state index in [0.717, 1.165) is 55.6 Å². The van der Waals surface area contributed by atoms with Crippen molar-refractivity contribution in [2.75, 3.05) is 0 Å². The van der Waals surface area contributed by atoms with Crippen LogP contribution in [-0.4, -0.2) is 28.2 Å². The maximum absolute atomic E-state index is 4.57. The van der Waals surface area contributed by atoms with E-state index >= 15 is 0 Å². The first-order valence-corrected chi connectivity index (χ1v) is 19.7. The van der Waals surface area contributed by atoms with Gasteiger partial charge in [0.05, 0.1) is 44.1 Å². The molecule has 0 aliphatic carbocycles. The SMILES string of the molecule is c1ccc(-n2c3ccncc3c3cc(-n4c5ccccc5c5c6c7ccccc7n(-c7ccc8c(c7)c7cnccc7n8-c7ccccc7)c6ccc54)ccc32)cc1. The van der Waals surface area contributed by atoms with Crippen LogP contribution in [0.3, 0.4) is 0 Å². The molecule has 0 fully saturated rings. The lowest BCUT2D eigenvalue weighted by Gasteiger charge is -2.11. The highest BCUT2D eigenvalue weighted by Gasteiger charge is 2.22. The quantitative estimate of drug-likeness (QED) is 0.180. The smallest absolute Gasteiger partial charge is 0.0571 e. The van der Waals surface area contributed by atoms with Gasteiger partial charge in [-0.1, -0.05) is 72.8 Å². The summed E-state index contributed by atoms with van der Waals surface area (Å²) in [6.07, 6.45) is 7.76. The number of fused-ring (bicyclic) bond motifs is 13. The molecule has 0 aliphatic rings. The molecule has 0 unspecified atom stereocenters. The fourth-order valence-corrected chi connectivity index (χ4v) is 9.77. The summed E-state index contributed by atoms with van der Waals surface area (Å²) in [4.78, 5) is 9.15. The molecule has 13 aromatic rings. The minimum absolute atomic E-state index is 1.12. The second kappa shape index (κ2) is 11.8. The molecule has 0 saturated carbocycles. The molecule has 0 N–H and O–H groups in total. The van der Waals surface area contributed by atoms with Crippen molar-refractivity contribution in [3.63, 3.8) is 0 Å². The Hall–Kier alpha value is -7.96. The molecule has 0 amide bonds. The van der Waals surface area contributed by atoms with Gasteiger partial charge < -0.3 is 18.3 Å². The number of hydrogen-bond donors (Lipinski definition) is 0. The van der Waals surface area contributed by atoms with E-state index in [2.05, 4.69) is 198 Å². The number of para-hydroxylation sites is 4. The standard InChI is InChI=1S/C52H32N6/c1-3-11-33(12-4-1)55-45-21-19-35(29-39(45)41-31-53-27-25-47(41)55)57-43-17-9-7-15-37(43)51-49(57)23-24-50-52(51)38-16-8-10-18-44(38)58(50)36-20-22-46-40(30-36)42-32-54-28-26-48(42)56(46)34-13-5-2-6-14-34/h1-32H. The molecule has 58 heavy (non-hydrogen) atoms. The molecular formula is C52H32N6. The average Bonchev–Trinajstić information content (AvgIpc) is 4.01. The van der Waals surface area contributed by atoms with Crippen molar-refractivity contribution < 1.29 is 0 Å². The van der Waals surface area contributed by atoms with Crippen LogP contribution in [0, 0.1) is 0 Å². The zero-order valence-electron chi connectivity index (χ0n) is 31.2. The van der Waals surface area contributed by atoms with Crippen molar-refractivity contribution in [3.05, 3.63) is 195 Å². The summed E-state index contributed by atoms with van der Waals surface area (Å²) >= 11 is 0. The Labute approximate surface area is 331 Å². The molecule has 0 spiro atoms. The van der Waals surface area contributed by atoms with Gasteiger partial charge in [-0.15, -0.1) is 0 Å². The van der Waals surface area contributed by atoms with E-state index in [1.54, 1.807) is 0 Å². The molecule has 0 atom stereocenters. The molecule has 6 heterocycles.